The molecule has 1 saturated heterocycles. The molecule has 8 heteroatoms. The highest BCUT2D eigenvalue weighted by Gasteiger charge is 2.32. The zero-order chi connectivity index (χ0) is 20.3. The number of nitrogens with one attached hydrogen (secondary N) is 1. The summed E-state index contributed by atoms with van der Waals surface area (Å²) in [5, 5.41) is 16.1. The number of aromatic nitrogens is 2. The second kappa shape index (κ2) is 7.84. The molecule has 0 spiro atoms. The summed E-state index contributed by atoms with van der Waals surface area (Å²) in [5.41, 5.74) is -0.168. The summed E-state index contributed by atoms with van der Waals surface area (Å²) in [6, 6.07) is 9.03. The number of anilines is 1. The molecular weight excluding hydrogens is 360 g/mol. The minimum absolute atomic E-state index is 0.0749. The summed E-state index contributed by atoms with van der Waals surface area (Å²) in [6.45, 7) is 4.04. The van der Waals surface area contributed by atoms with Crippen LogP contribution >= 0.6 is 0 Å². The fourth-order valence-electron chi connectivity index (χ4n) is 3.17. The Morgan fingerprint density at radius 3 is 2.61 bits per heavy atom. The van der Waals surface area contributed by atoms with Crippen LogP contribution in [0, 0.1) is 5.92 Å². The highest BCUT2D eigenvalue weighted by molar-refractivity contribution is 5.96. The lowest BCUT2D eigenvalue weighted by Gasteiger charge is -2.32. The third-order valence-electron chi connectivity index (χ3n) is 5.05. The number of carboxylic acids is 1. The minimum Gasteiger partial charge on any atom is -0.479 e. The molecule has 2 N–H and O–H groups in total. The lowest BCUT2D eigenvalue weighted by molar-refractivity contribution is -0.146. The lowest BCUT2D eigenvalue weighted by Crippen LogP contribution is -2.43. The maximum atomic E-state index is 12.7. The number of rotatable bonds is 5. The average Bonchev–Trinajstić information content (AvgIpc) is 3.17. The van der Waals surface area contributed by atoms with Crippen molar-refractivity contribution in [1.29, 1.82) is 0 Å². The molecule has 1 aromatic heterocycles. The topological polar surface area (TPSA) is 105 Å². The number of carbonyl (C=O) groups is 3. The molecule has 1 fully saturated rings. The second-order valence-electron chi connectivity index (χ2n) is 7.48. The molecule has 28 heavy (non-hydrogen) atoms. The molecule has 148 valence electrons. The molecule has 0 bridgehead atoms. The highest BCUT2D eigenvalue weighted by atomic mass is 16.4. The first-order valence-corrected chi connectivity index (χ1v) is 9.23. The van der Waals surface area contributed by atoms with Crippen LogP contribution in [0.2, 0.25) is 0 Å². The van der Waals surface area contributed by atoms with Gasteiger partial charge in [-0.3, -0.25) is 14.3 Å². The van der Waals surface area contributed by atoms with E-state index in [0.717, 1.165) is 6.42 Å². The Kier molecular flexibility index (Phi) is 5.48. The Morgan fingerprint density at radius 1 is 1.21 bits per heavy atom. The molecule has 1 aliphatic rings. The number of amides is 2. The van der Waals surface area contributed by atoms with Crippen LogP contribution in [0.5, 0.6) is 0 Å². The van der Waals surface area contributed by atoms with Crippen LogP contribution in [-0.2, 0) is 15.1 Å². The average molecular weight is 384 g/mol. The predicted octanol–water partition coefficient (Wildman–Crippen LogP) is 2.19. The van der Waals surface area contributed by atoms with Gasteiger partial charge in [0, 0.05) is 24.8 Å². The molecule has 1 aromatic carbocycles. The van der Waals surface area contributed by atoms with Crippen molar-refractivity contribution < 1.29 is 19.5 Å². The maximum Gasteiger partial charge on any atom is 0.331 e. The number of carboxylic acid groups (broad SMARTS) is 1. The van der Waals surface area contributed by atoms with Gasteiger partial charge in [-0.05, 0) is 38.8 Å². The predicted molar refractivity (Wildman–Crippen MR) is 103 cm³/mol. The lowest BCUT2D eigenvalue weighted by atomic mass is 9.96. The molecule has 1 aliphatic heterocycles. The third kappa shape index (κ3) is 4.05. The zero-order valence-corrected chi connectivity index (χ0v) is 16.0. The summed E-state index contributed by atoms with van der Waals surface area (Å²) in [5.74, 6) is -1.61. The van der Waals surface area contributed by atoms with Gasteiger partial charge in [-0.2, -0.15) is 5.10 Å². The quantitative estimate of drug-likeness (QED) is 0.822. The normalized spacial score (nSPS) is 17.2. The minimum atomic E-state index is -1.22. The summed E-state index contributed by atoms with van der Waals surface area (Å²) in [7, 11) is 0. The van der Waals surface area contributed by atoms with Gasteiger partial charge in [0.2, 0.25) is 5.91 Å². The zero-order valence-electron chi connectivity index (χ0n) is 16.0. The van der Waals surface area contributed by atoms with Gasteiger partial charge in [0.15, 0.2) is 5.54 Å². The van der Waals surface area contributed by atoms with Crippen molar-refractivity contribution in [2.24, 2.45) is 5.92 Å². The number of aliphatic carboxylic acids is 1. The monoisotopic (exact) mass is 384 g/mol. The van der Waals surface area contributed by atoms with Crippen LogP contribution in [-0.4, -0.2) is 50.7 Å². The number of nitrogens with zero attached hydrogens (tertiary/aromatic N) is 3. The van der Waals surface area contributed by atoms with E-state index in [1.807, 2.05) is 18.2 Å². The van der Waals surface area contributed by atoms with Crippen LogP contribution < -0.4 is 5.32 Å². The first-order valence-electron chi connectivity index (χ1n) is 9.23. The van der Waals surface area contributed by atoms with Crippen LogP contribution in [0.1, 0.15) is 37.0 Å². The first kappa shape index (κ1) is 19.6. The Bertz CT molecular complexity index is 875. The Morgan fingerprint density at radius 2 is 1.93 bits per heavy atom. The standard InChI is InChI=1S/C20H24N4O4/c1-20(2,19(27)28)24-13-16(11-21-24)22-17(25)15-9-6-10-23(12-15)18(26)14-7-4-3-5-8-14/h3-5,7-8,11,13,15H,6,9-10,12H2,1-2H3,(H,22,25)(H,27,28). The number of benzene rings is 1. The van der Waals surface area contributed by atoms with E-state index in [0.29, 0.717) is 30.8 Å². The Labute approximate surface area is 163 Å². The molecule has 0 aliphatic carbocycles. The van der Waals surface area contributed by atoms with Crippen molar-refractivity contribution in [3.8, 4) is 0 Å². The van der Waals surface area contributed by atoms with Crippen molar-refractivity contribution in [1.82, 2.24) is 14.7 Å². The van der Waals surface area contributed by atoms with E-state index in [1.165, 1.54) is 30.9 Å². The van der Waals surface area contributed by atoms with Crippen molar-refractivity contribution in [2.75, 3.05) is 18.4 Å². The van der Waals surface area contributed by atoms with Gasteiger partial charge in [0.1, 0.15) is 0 Å². The molecule has 0 radical (unpaired) electrons. The highest BCUT2D eigenvalue weighted by Crippen LogP contribution is 2.22. The van der Waals surface area contributed by atoms with E-state index in [1.54, 1.807) is 17.0 Å². The number of piperidine rings is 1. The first-order chi connectivity index (χ1) is 13.3. The molecule has 2 heterocycles. The summed E-state index contributed by atoms with van der Waals surface area (Å²) in [6.07, 6.45) is 4.38. The second-order valence-corrected chi connectivity index (χ2v) is 7.48. The number of hydrogen-bond donors (Lipinski definition) is 2. The summed E-state index contributed by atoms with van der Waals surface area (Å²) in [4.78, 5) is 38.3. The van der Waals surface area contributed by atoms with E-state index in [-0.39, 0.29) is 17.7 Å². The van der Waals surface area contributed by atoms with Gasteiger partial charge in [0.25, 0.3) is 5.91 Å². The molecule has 2 amide bonds. The van der Waals surface area contributed by atoms with Gasteiger partial charge in [-0.1, -0.05) is 18.2 Å². The summed E-state index contributed by atoms with van der Waals surface area (Å²) >= 11 is 0. The van der Waals surface area contributed by atoms with Crippen LogP contribution in [0.15, 0.2) is 42.7 Å². The van der Waals surface area contributed by atoms with E-state index < -0.39 is 11.5 Å². The Balaban J connectivity index is 1.64. The van der Waals surface area contributed by atoms with Crippen LogP contribution in [0.4, 0.5) is 5.69 Å². The van der Waals surface area contributed by atoms with E-state index >= 15 is 0 Å². The van der Waals surface area contributed by atoms with Gasteiger partial charge in [0.05, 0.1) is 17.8 Å². The van der Waals surface area contributed by atoms with Crippen molar-refractivity contribution in [3.05, 3.63) is 48.3 Å². The van der Waals surface area contributed by atoms with E-state index in [4.69, 9.17) is 0 Å². The molecule has 3 rings (SSSR count). The van der Waals surface area contributed by atoms with Crippen molar-refractivity contribution in [2.45, 2.75) is 32.2 Å². The van der Waals surface area contributed by atoms with Crippen LogP contribution in [0.25, 0.3) is 0 Å². The van der Waals surface area contributed by atoms with Crippen molar-refractivity contribution >= 4 is 23.5 Å². The fraction of sp³-hybridized carbons (Fsp3) is 0.400. The van der Waals surface area contributed by atoms with Gasteiger partial charge >= 0.3 is 5.97 Å². The van der Waals surface area contributed by atoms with Gasteiger partial charge < -0.3 is 15.3 Å². The van der Waals surface area contributed by atoms with Gasteiger partial charge in [-0.25, -0.2) is 4.79 Å². The SMILES string of the molecule is CC(C)(C(=O)O)n1cc(NC(=O)C2CCCN(C(=O)c3ccccc3)C2)cn1. The molecule has 2 aromatic rings. The number of carbonyl (C=O) groups excluding carboxylic acids is 2. The fourth-order valence-corrected chi connectivity index (χ4v) is 3.17. The molecular formula is C20H24N4O4. The molecule has 8 nitrogen and oxygen atoms in total. The largest absolute Gasteiger partial charge is 0.479 e. The van der Waals surface area contributed by atoms with E-state index in [2.05, 4.69) is 10.4 Å². The molecule has 0 saturated carbocycles. The third-order valence-corrected chi connectivity index (χ3v) is 5.05. The molecule has 1 unspecified atom stereocenters. The van der Waals surface area contributed by atoms with Crippen molar-refractivity contribution in [3.63, 3.8) is 0 Å². The molecule has 1 atom stereocenters. The number of hydrogen-bond acceptors (Lipinski definition) is 4. The van der Waals surface area contributed by atoms with Gasteiger partial charge in [-0.15, -0.1) is 0 Å². The Hall–Kier alpha value is -3.16. The smallest absolute Gasteiger partial charge is 0.331 e. The number of likely N-dealkylation sites (tertiary alicyclic amines) is 1. The maximum absolute atomic E-state index is 12.7. The van der Waals surface area contributed by atoms with Crippen LogP contribution in [0.3, 0.4) is 0 Å². The summed E-state index contributed by atoms with van der Waals surface area (Å²) < 4.78 is 1.30. The van der Waals surface area contributed by atoms with E-state index in [9.17, 15) is 19.5 Å².